The molecule has 1 atom stereocenters. The van der Waals surface area contributed by atoms with Crippen molar-refractivity contribution in [1.29, 1.82) is 0 Å². The summed E-state index contributed by atoms with van der Waals surface area (Å²) in [5.74, 6) is 1.10. The lowest BCUT2D eigenvalue weighted by Gasteiger charge is -2.14. The van der Waals surface area contributed by atoms with E-state index < -0.39 is 0 Å². The van der Waals surface area contributed by atoms with Crippen molar-refractivity contribution in [2.45, 2.75) is 12.5 Å². The Labute approximate surface area is 140 Å². The lowest BCUT2D eigenvalue weighted by atomic mass is 9.94. The van der Waals surface area contributed by atoms with Crippen LogP contribution in [-0.2, 0) is 0 Å². The van der Waals surface area contributed by atoms with E-state index in [0.717, 1.165) is 33.4 Å². The van der Waals surface area contributed by atoms with Crippen LogP contribution in [0.3, 0.4) is 0 Å². The average Bonchev–Trinajstić information content (AvgIpc) is 3.11. The van der Waals surface area contributed by atoms with Gasteiger partial charge in [0.1, 0.15) is 11.5 Å². The third kappa shape index (κ3) is 2.36. The Hall–Kier alpha value is -3.01. The molecule has 0 fully saturated rings. The molecule has 3 aromatic carbocycles. The van der Waals surface area contributed by atoms with Crippen molar-refractivity contribution in [3.05, 3.63) is 71.8 Å². The zero-order valence-corrected chi connectivity index (χ0v) is 13.4. The van der Waals surface area contributed by atoms with Crippen molar-refractivity contribution in [2.75, 3.05) is 7.11 Å². The first kappa shape index (κ1) is 14.6. The van der Waals surface area contributed by atoms with E-state index in [0.29, 0.717) is 6.42 Å². The molecule has 0 saturated carbocycles. The van der Waals surface area contributed by atoms with Crippen LogP contribution in [0.1, 0.15) is 23.6 Å². The van der Waals surface area contributed by atoms with Gasteiger partial charge in [-0.1, -0.05) is 48.5 Å². The predicted octanol–water partition coefficient (Wildman–Crippen LogP) is 3.99. The highest BCUT2D eigenvalue weighted by Crippen LogP contribution is 2.35. The molecule has 4 rings (SSSR count). The summed E-state index contributed by atoms with van der Waals surface area (Å²) in [6.07, 6.45) is 0.696. The van der Waals surface area contributed by atoms with Crippen molar-refractivity contribution in [1.82, 2.24) is 5.43 Å². The summed E-state index contributed by atoms with van der Waals surface area (Å²) in [5.41, 5.74) is 5.92. The minimum absolute atomic E-state index is 0.0366. The molecule has 0 amide bonds. The third-order valence-corrected chi connectivity index (χ3v) is 4.46. The Morgan fingerprint density at radius 1 is 1.04 bits per heavy atom. The van der Waals surface area contributed by atoms with E-state index >= 15 is 0 Å². The molecule has 24 heavy (non-hydrogen) atoms. The quantitative estimate of drug-likeness (QED) is 0.767. The first-order chi connectivity index (χ1) is 11.8. The number of rotatable bonds is 3. The van der Waals surface area contributed by atoms with E-state index in [4.69, 9.17) is 4.74 Å². The Kier molecular flexibility index (Phi) is 3.58. The number of fused-ring (bicyclic) bond motifs is 1. The molecule has 1 unspecified atom stereocenters. The van der Waals surface area contributed by atoms with Gasteiger partial charge in [-0.05, 0) is 22.9 Å². The number of phenolic OH excluding ortho intramolecular Hbond substituents is 1. The molecule has 1 aliphatic rings. The highest BCUT2D eigenvalue weighted by Gasteiger charge is 2.26. The zero-order chi connectivity index (χ0) is 16.5. The number of para-hydroxylation sites is 1. The monoisotopic (exact) mass is 318 g/mol. The largest absolute Gasteiger partial charge is 0.507 e. The van der Waals surface area contributed by atoms with Gasteiger partial charge in [0.25, 0.3) is 0 Å². The van der Waals surface area contributed by atoms with Crippen molar-refractivity contribution in [3.63, 3.8) is 0 Å². The molecule has 4 nitrogen and oxygen atoms in total. The molecular weight excluding hydrogens is 300 g/mol. The number of methoxy groups -OCH3 is 1. The Morgan fingerprint density at radius 2 is 1.83 bits per heavy atom. The van der Waals surface area contributed by atoms with Gasteiger partial charge in [0.05, 0.1) is 18.9 Å². The maximum absolute atomic E-state index is 10.4. The molecule has 0 saturated heterocycles. The highest BCUT2D eigenvalue weighted by atomic mass is 16.5. The highest BCUT2D eigenvalue weighted by molar-refractivity contribution is 6.13. The number of ether oxygens (including phenoxy) is 1. The van der Waals surface area contributed by atoms with E-state index in [9.17, 15) is 5.11 Å². The van der Waals surface area contributed by atoms with Crippen molar-refractivity contribution in [2.24, 2.45) is 5.10 Å². The van der Waals surface area contributed by atoms with Gasteiger partial charge in [0.15, 0.2) is 0 Å². The first-order valence-corrected chi connectivity index (χ1v) is 7.94. The number of hydrogen-bond donors (Lipinski definition) is 2. The summed E-state index contributed by atoms with van der Waals surface area (Å²) in [6.45, 7) is 0. The molecule has 0 aromatic heterocycles. The first-order valence-electron chi connectivity index (χ1n) is 7.94. The molecule has 4 heteroatoms. The summed E-state index contributed by atoms with van der Waals surface area (Å²) >= 11 is 0. The smallest absolute Gasteiger partial charge is 0.125 e. The number of nitrogens with zero attached hydrogens (tertiary/aromatic N) is 1. The van der Waals surface area contributed by atoms with Crippen LogP contribution in [0.25, 0.3) is 10.8 Å². The number of phenols is 1. The molecule has 3 aromatic rings. The molecule has 1 heterocycles. The van der Waals surface area contributed by atoms with E-state index in [1.54, 1.807) is 13.2 Å². The topological polar surface area (TPSA) is 53.9 Å². The zero-order valence-electron chi connectivity index (χ0n) is 13.4. The van der Waals surface area contributed by atoms with Crippen LogP contribution in [0.5, 0.6) is 11.5 Å². The Bertz CT molecular complexity index is 934. The Balaban J connectivity index is 1.72. The molecule has 0 spiro atoms. The summed E-state index contributed by atoms with van der Waals surface area (Å²) in [5, 5.41) is 17.0. The summed E-state index contributed by atoms with van der Waals surface area (Å²) in [4.78, 5) is 0. The fourth-order valence-electron chi connectivity index (χ4n) is 3.30. The lowest BCUT2D eigenvalue weighted by Crippen LogP contribution is -2.11. The average molecular weight is 318 g/mol. The van der Waals surface area contributed by atoms with E-state index in [2.05, 4.69) is 10.5 Å². The predicted molar refractivity (Wildman–Crippen MR) is 95.6 cm³/mol. The van der Waals surface area contributed by atoms with Crippen LogP contribution in [-0.4, -0.2) is 17.9 Å². The number of benzene rings is 3. The summed E-state index contributed by atoms with van der Waals surface area (Å²) < 4.78 is 5.45. The second-order valence-electron chi connectivity index (χ2n) is 5.87. The fraction of sp³-hybridized carbons (Fsp3) is 0.150. The maximum atomic E-state index is 10.4. The van der Waals surface area contributed by atoms with Crippen molar-refractivity contribution >= 4 is 16.5 Å². The molecule has 2 N–H and O–H groups in total. The van der Waals surface area contributed by atoms with Crippen molar-refractivity contribution in [3.8, 4) is 11.5 Å². The second kappa shape index (κ2) is 5.89. The van der Waals surface area contributed by atoms with Gasteiger partial charge < -0.3 is 15.3 Å². The van der Waals surface area contributed by atoms with Gasteiger partial charge in [-0.25, -0.2) is 0 Å². The number of aromatic hydroxyl groups is 1. The number of hydrazone groups is 1. The van der Waals surface area contributed by atoms with Crippen LogP contribution in [0.15, 0.2) is 65.8 Å². The van der Waals surface area contributed by atoms with Gasteiger partial charge >= 0.3 is 0 Å². The number of nitrogens with one attached hydrogen (secondary N) is 1. The third-order valence-electron chi connectivity index (χ3n) is 4.46. The van der Waals surface area contributed by atoms with Crippen LogP contribution in [0.4, 0.5) is 0 Å². The molecule has 0 bridgehead atoms. The molecule has 0 aliphatic carbocycles. The van der Waals surface area contributed by atoms with Gasteiger partial charge in [0, 0.05) is 17.5 Å². The maximum Gasteiger partial charge on any atom is 0.125 e. The van der Waals surface area contributed by atoms with E-state index in [1.807, 2.05) is 54.6 Å². The summed E-state index contributed by atoms with van der Waals surface area (Å²) in [6, 6.07) is 19.7. The van der Waals surface area contributed by atoms with Crippen LogP contribution in [0, 0.1) is 0 Å². The molecule has 120 valence electrons. The lowest BCUT2D eigenvalue weighted by molar-refractivity contribution is 0.402. The van der Waals surface area contributed by atoms with E-state index in [1.165, 1.54) is 0 Å². The van der Waals surface area contributed by atoms with Crippen LogP contribution >= 0.6 is 0 Å². The standard InChI is InChI=1S/C20H18N2O2/c1-24-19-9-5-4-8-15(19)16-12-17(22-21-16)20-14-7-3-2-6-13(14)10-11-18(20)23/h2-11,16,21,23H,12H2,1H3. The molecular formula is C20H18N2O2. The van der Waals surface area contributed by atoms with Gasteiger partial charge in [-0.2, -0.15) is 5.10 Å². The van der Waals surface area contributed by atoms with Crippen molar-refractivity contribution < 1.29 is 9.84 Å². The minimum atomic E-state index is 0.0366. The SMILES string of the molecule is COc1ccccc1C1CC(c2c(O)ccc3ccccc23)=NN1. The molecule has 1 aliphatic heterocycles. The number of hydrogen-bond acceptors (Lipinski definition) is 4. The molecule has 0 radical (unpaired) electrons. The Morgan fingerprint density at radius 3 is 2.71 bits per heavy atom. The minimum Gasteiger partial charge on any atom is -0.507 e. The second-order valence-corrected chi connectivity index (χ2v) is 5.87. The van der Waals surface area contributed by atoms with Gasteiger partial charge in [-0.15, -0.1) is 0 Å². The van der Waals surface area contributed by atoms with Gasteiger partial charge in [-0.3, -0.25) is 0 Å². The van der Waals surface area contributed by atoms with Gasteiger partial charge in [0.2, 0.25) is 0 Å². The summed E-state index contributed by atoms with van der Waals surface area (Å²) in [7, 11) is 1.67. The van der Waals surface area contributed by atoms with E-state index in [-0.39, 0.29) is 11.8 Å². The normalized spacial score (nSPS) is 16.7. The van der Waals surface area contributed by atoms with Crippen LogP contribution < -0.4 is 10.2 Å². The fourth-order valence-corrected chi connectivity index (χ4v) is 3.30. The van der Waals surface area contributed by atoms with Crippen LogP contribution in [0.2, 0.25) is 0 Å².